The molecule has 138 valence electrons. The summed E-state index contributed by atoms with van der Waals surface area (Å²) in [5.41, 5.74) is -0.127. The third kappa shape index (κ3) is 6.29. The number of hydrogen-bond acceptors (Lipinski definition) is 4. The summed E-state index contributed by atoms with van der Waals surface area (Å²) in [7, 11) is 0. The van der Waals surface area contributed by atoms with Gasteiger partial charge in [0, 0.05) is 13.1 Å². The van der Waals surface area contributed by atoms with Crippen LogP contribution in [0, 0.1) is 0 Å². The molecule has 1 saturated heterocycles. The van der Waals surface area contributed by atoms with Gasteiger partial charge in [0.25, 0.3) is 0 Å². The van der Waals surface area contributed by atoms with E-state index >= 15 is 0 Å². The normalized spacial score (nSPS) is 20.7. The predicted octanol–water partition coefficient (Wildman–Crippen LogP) is 3.70. The number of ether oxygens (including phenoxy) is 2. The molecule has 1 N–H and O–H groups in total. The molecular weight excluding hydrogens is 320 g/mol. The highest BCUT2D eigenvalue weighted by atomic mass is 16.6. The van der Waals surface area contributed by atoms with E-state index in [0.29, 0.717) is 13.1 Å². The quantitative estimate of drug-likeness (QED) is 0.904. The molecule has 0 aliphatic carbocycles. The van der Waals surface area contributed by atoms with Gasteiger partial charge in [-0.3, -0.25) is 0 Å². The van der Waals surface area contributed by atoms with Gasteiger partial charge in [0.2, 0.25) is 0 Å². The molecule has 0 spiro atoms. The summed E-state index contributed by atoms with van der Waals surface area (Å²) in [6.45, 7) is 8.66. The SMILES string of the molecule is CC1(NC(=O)OC(C)(C)C)CCCN(C(=O)OCc2ccccc2)C1. The lowest BCUT2D eigenvalue weighted by molar-refractivity contribution is 0.0350. The molecular formula is C19H28N2O4. The van der Waals surface area contributed by atoms with E-state index in [-0.39, 0.29) is 12.7 Å². The molecule has 1 unspecified atom stereocenters. The first kappa shape index (κ1) is 19.1. The molecule has 6 heteroatoms. The number of nitrogens with one attached hydrogen (secondary N) is 1. The van der Waals surface area contributed by atoms with Gasteiger partial charge >= 0.3 is 12.2 Å². The van der Waals surface area contributed by atoms with E-state index in [4.69, 9.17) is 9.47 Å². The molecule has 1 heterocycles. The van der Waals surface area contributed by atoms with Gasteiger partial charge in [-0.2, -0.15) is 0 Å². The van der Waals surface area contributed by atoms with Gasteiger partial charge in [0.05, 0.1) is 5.54 Å². The molecule has 1 aromatic carbocycles. The van der Waals surface area contributed by atoms with Crippen LogP contribution >= 0.6 is 0 Å². The second kappa shape index (κ2) is 7.76. The van der Waals surface area contributed by atoms with Crippen LogP contribution in [-0.4, -0.2) is 41.3 Å². The summed E-state index contributed by atoms with van der Waals surface area (Å²) < 4.78 is 10.7. The van der Waals surface area contributed by atoms with E-state index in [1.165, 1.54) is 0 Å². The number of hydrogen-bond donors (Lipinski definition) is 1. The Kier molecular flexibility index (Phi) is 5.93. The molecule has 2 rings (SSSR count). The van der Waals surface area contributed by atoms with Crippen LogP contribution in [0.1, 0.15) is 46.1 Å². The van der Waals surface area contributed by atoms with Crippen molar-refractivity contribution in [2.24, 2.45) is 0 Å². The van der Waals surface area contributed by atoms with Crippen LogP contribution in [-0.2, 0) is 16.1 Å². The Morgan fingerprint density at radius 3 is 2.56 bits per heavy atom. The van der Waals surface area contributed by atoms with Crippen LogP contribution < -0.4 is 5.32 Å². The number of benzene rings is 1. The molecule has 0 saturated carbocycles. The highest BCUT2D eigenvalue weighted by Crippen LogP contribution is 2.22. The Hall–Kier alpha value is -2.24. The maximum Gasteiger partial charge on any atom is 0.410 e. The second-order valence-corrected chi connectivity index (χ2v) is 7.75. The Bertz CT molecular complexity index is 597. The van der Waals surface area contributed by atoms with Crippen LogP contribution in [0.4, 0.5) is 9.59 Å². The number of likely N-dealkylation sites (tertiary alicyclic amines) is 1. The average molecular weight is 348 g/mol. The zero-order valence-corrected chi connectivity index (χ0v) is 15.5. The molecule has 1 atom stereocenters. The summed E-state index contributed by atoms with van der Waals surface area (Å²) in [5.74, 6) is 0. The van der Waals surface area contributed by atoms with Gasteiger partial charge < -0.3 is 19.7 Å². The number of piperidine rings is 1. The van der Waals surface area contributed by atoms with E-state index in [1.807, 2.05) is 58.0 Å². The number of carbonyl (C=O) groups is 2. The Morgan fingerprint density at radius 1 is 1.24 bits per heavy atom. The number of rotatable bonds is 3. The Labute approximate surface area is 149 Å². The minimum Gasteiger partial charge on any atom is -0.445 e. The first-order valence-corrected chi connectivity index (χ1v) is 8.64. The Balaban J connectivity index is 1.88. The first-order chi connectivity index (χ1) is 11.7. The maximum absolute atomic E-state index is 12.3. The molecule has 0 bridgehead atoms. The molecule has 0 aromatic heterocycles. The summed E-state index contributed by atoms with van der Waals surface area (Å²) in [5, 5.41) is 2.90. The van der Waals surface area contributed by atoms with Crippen molar-refractivity contribution in [1.29, 1.82) is 0 Å². The molecule has 1 fully saturated rings. The van der Waals surface area contributed by atoms with Gasteiger partial charge in [0.1, 0.15) is 12.2 Å². The van der Waals surface area contributed by atoms with Crippen LogP contribution in [0.25, 0.3) is 0 Å². The first-order valence-electron chi connectivity index (χ1n) is 8.64. The van der Waals surface area contributed by atoms with Gasteiger partial charge in [-0.15, -0.1) is 0 Å². The largest absolute Gasteiger partial charge is 0.445 e. The minimum atomic E-state index is -0.552. The second-order valence-electron chi connectivity index (χ2n) is 7.75. The third-order valence-electron chi connectivity index (χ3n) is 3.96. The molecule has 1 aliphatic heterocycles. The topological polar surface area (TPSA) is 67.9 Å². The lowest BCUT2D eigenvalue weighted by atomic mass is 9.91. The molecule has 25 heavy (non-hydrogen) atoms. The molecule has 1 aromatic rings. The van der Waals surface area contributed by atoms with E-state index < -0.39 is 17.2 Å². The highest BCUT2D eigenvalue weighted by molar-refractivity contribution is 5.70. The Morgan fingerprint density at radius 2 is 1.92 bits per heavy atom. The molecule has 0 radical (unpaired) electrons. The van der Waals surface area contributed by atoms with Crippen molar-refractivity contribution in [3.05, 3.63) is 35.9 Å². The van der Waals surface area contributed by atoms with E-state index in [2.05, 4.69) is 5.32 Å². The van der Waals surface area contributed by atoms with Crippen molar-refractivity contribution in [3.63, 3.8) is 0 Å². The fourth-order valence-corrected chi connectivity index (χ4v) is 2.86. The number of amides is 2. The van der Waals surface area contributed by atoms with Gasteiger partial charge in [0.15, 0.2) is 0 Å². The third-order valence-corrected chi connectivity index (χ3v) is 3.96. The van der Waals surface area contributed by atoms with Crippen molar-refractivity contribution in [1.82, 2.24) is 10.2 Å². The van der Waals surface area contributed by atoms with Crippen molar-refractivity contribution >= 4 is 12.2 Å². The standard InChI is InChI=1S/C19H28N2O4/c1-18(2,3)25-16(22)20-19(4)11-8-12-21(14-19)17(23)24-13-15-9-6-5-7-10-15/h5-7,9-10H,8,11-14H2,1-4H3,(H,20,22). The number of carbonyl (C=O) groups excluding carboxylic acids is 2. The van der Waals surface area contributed by atoms with Crippen molar-refractivity contribution in [2.45, 2.75) is 58.3 Å². The summed E-state index contributed by atoms with van der Waals surface area (Å²) in [6, 6.07) is 9.57. The molecule has 6 nitrogen and oxygen atoms in total. The lowest BCUT2D eigenvalue weighted by Crippen LogP contribution is -2.58. The molecule has 1 aliphatic rings. The van der Waals surface area contributed by atoms with Crippen molar-refractivity contribution < 1.29 is 19.1 Å². The van der Waals surface area contributed by atoms with Gasteiger partial charge in [-0.1, -0.05) is 30.3 Å². The zero-order chi connectivity index (χ0) is 18.5. The smallest absolute Gasteiger partial charge is 0.410 e. The van der Waals surface area contributed by atoms with E-state index in [9.17, 15) is 9.59 Å². The highest BCUT2D eigenvalue weighted by Gasteiger charge is 2.36. The monoisotopic (exact) mass is 348 g/mol. The van der Waals surface area contributed by atoms with Crippen molar-refractivity contribution in [3.8, 4) is 0 Å². The van der Waals surface area contributed by atoms with Crippen LogP contribution in [0.15, 0.2) is 30.3 Å². The summed E-state index contributed by atoms with van der Waals surface area (Å²) in [4.78, 5) is 26.0. The van der Waals surface area contributed by atoms with E-state index in [1.54, 1.807) is 4.90 Å². The lowest BCUT2D eigenvalue weighted by Gasteiger charge is -2.40. The zero-order valence-electron chi connectivity index (χ0n) is 15.5. The van der Waals surface area contributed by atoms with Crippen molar-refractivity contribution in [2.75, 3.05) is 13.1 Å². The van der Waals surface area contributed by atoms with E-state index in [0.717, 1.165) is 18.4 Å². The number of nitrogens with zero attached hydrogens (tertiary/aromatic N) is 1. The number of alkyl carbamates (subject to hydrolysis) is 1. The fourth-order valence-electron chi connectivity index (χ4n) is 2.86. The van der Waals surface area contributed by atoms with Crippen LogP contribution in [0.3, 0.4) is 0 Å². The summed E-state index contributed by atoms with van der Waals surface area (Å²) in [6.07, 6.45) is 0.761. The maximum atomic E-state index is 12.3. The predicted molar refractivity (Wildman–Crippen MR) is 95.2 cm³/mol. The fraction of sp³-hybridized carbons (Fsp3) is 0.579. The molecule has 2 amide bonds. The average Bonchev–Trinajstić information content (AvgIpc) is 2.51. The van der Waals surface area contributed by atoms with Gasteiger partial charge in [-0.25, -0.2) is 9.59 Å². The van der Waals surface area contributed by atoms with Crippen LogP contribution in [0.2, 0.25) is 0 Å². The minimum absolute atomic E-state index is 0.242. The van der Waals surface area contributed by atoms with Crippen LogP contribution in [0.5, 0.6) is 0 Å². The summed E-state index contributed by atoms with van der Waals surface area (Å²) >= 11 is 0. The van der Waals surface area contributed by atoms with Gasteiger partial charge in [-0.05, 0) is 46.1 Å².